The number of aryl methyl sites for hydroxylation is 2. The van der Waals surface area contributed by atoms with E-state index in [1.165, 1.54) is 6.20 Å². The van der Waals surface area contributed by atoms with Crippen molar-refractivity contribution in [2.75, 3.05) is 13.1 Å². The third-order valence-corrected chi connectivity index (χ3v) is 6.52. The molecule has 2 rings (SSSR count). The van der Waals surface area contributed by atoms with E-state index < -0.39 is 9.84 Å². The van der Waals surface area contributed by atoms with Crippen LogP contribution in [-0.4, -0.2) is 42.2 Å². The molecule has 0 saturated carbocycles. The molecule has 0 radical (unpaired) electrons. The molecule has 1 heterocycles. The minimum Gasteiger partial charge on any atom is -0.323 e. The molecule has 1 aromatic heterocycles. The lowest BCUT2D eigenvalue weighted by atomic mass is 10.1. The molecular formula is C20H27N3O3S. The summed E-state index contributed by atoms with van der Waals surface area (Å²) in [5.41, 5.74) is 1.88. The molecule has 0 saturated heterocycles. The van der Waals surface area contributed by atoms with Gasteiger partial charge < -0.3 is 4.90 Å². The highest BCUT2D eigenvalue weighted by molar-refractivity contribution is 7.91. The SMILES string of the molecule is C=CCc1cn(C(=O)N(CC)CC)nc1S(=O)(=O)c1c(C)cccc1CC. The first-order valence-electron chi connectivity index (χ1n) is 9.13. The first-order chi connectivity index (χ1) is 12.8. The van der Waals surface area contributed by atoms with E-state index in [0.29, 0.717) is 37.1 Å². The number of aromatic nitrogens is 2. The Balaban J connectivity index is 2.67. The lowest BCUT2D eigenvalue weighted by Gasteiger charge is -2.17. The number of allylic oxidation sites excluding steroid dienone is 1. The Morgan fingerprint density at radius 2 is 1.89 bits per heavy atom. The smallest absolute Gasteiger partial charge is 0.323 e. The second-order valence-corrected chi connectivity index (χ2v) is 8.07. The highest BCUT2D eigenvalue weighted by atomic mass is 32.2. The Kier molecular flexibility index (Phi) is 6.59. The lowest BCUT2D eigenvalue weighted by molar-refractivity contribution is 0.201. The number of sulfone groups is 1. The van der Waals surface area contributed by atoms with Crippen LogP contribution in [0, 0.1) is 6.92 Å². The predicted molar refractivity (Wildman–Crippen MR) is 106 cm³/mol. The highest BCUT2D eigenvalue weighted by Crippen LogP contribution is 2.29. The summed E-state index contributed by atoms with van der Waals surface area (Å²) in [7, 11) is -3.87. The number of hydrogen-bond donors (Lipinski definition) is 0. The molecule has 0 aliphatic carbocycles. The van der Waals surface area contributed by atoms with E-state index >= 15 is 0 Å². The van der Waals surface area contributed by atoms with Gasteiger partial charge in [-0.25, -0.2) is 13.2 Å². The van der Waals surface area contributed by atoms with Crippen molar-refractivity contribution in [2.45, 2.75) is 50.5 Å². The third-order valence-electron chi connectivity index (χ3n) is 4.54. The molecule has 1 amide bonds. The van der Waals surface area contributed by atoms with Gasteiger partial charge in [-0.1, -0.05) is 31.2 Å². The van der Waals surface area contributed by atoms with Crippen molar-refractivity contribution in [3.63, 3.8) is 0 Å². The van der Waals surface area contributed by atoms with Gasteiger partial charge in [-0.05, 0) is 44.7 Å². The van der Waals surface area contributed by atoms with Crippen LogP contribution in [0.3, 0.4) is 0 Å². The number of nitrogens with zero attached hydrogens (tertiary/aromatic N) is 3. The summed E-state index contributed by atoms with van der Waals surface area (Å²) < 4.78 is 28.0. The highest BCUT2D eigenvalue weighted by Gasteiger charge is 2.30. The minimum absolute atomic E-state index is 0.0769. The molecule has 146 valence electrons. The van der Waals surface area contributed by atoms with E-state index in [0.717, 1.165) is 10.2 Å². The third kappa shape index (κ3) is 3.98. The molecule has 0 unspecified atom stereocenters. The van der Waals surface area contributed by atoms with E-state index in [2.05, 4.69) is 11.7 Å². The molecular weight excluding hydrogens is 362 g/mol. The molecule has 1 aromatic carbocycles. The van der Waals surface area contributed by atoms with Gasteiger partial charge in [-0.3, -0.25) is 0 Å². The Bertz CT molecular complexity index is 941. The van der Waals surface area contributed by atoms with E-state index in [1.807, 2.05) is 32.9 Å². The fraction of sp³-hybridized carbons (Fsp3) is 0.400. The van der Waals surface area contributed by atoms with Gasteiger partial charge in [0.1, 0.15) is 0 Å². The summed E-state index contributed by atoms with van der Waals surface area (Å²) in [4.78, 5) is 14.5. The number of amides is 1. The van der Waals surface area contributed by atoms with Crippen LogP contribution in [0.2, 0.25) is 0 Å². The normalized spacial score (nSPS) is 11.4. The number of benzene rings is 1. The molecule has 0 spiro atoms. The summed E-state index contributed by atoms with van der Waals surface area (Å²) >= 11 is 0. The molecule has 0 aliphatic rings. The van der Waals surface area contributed by atoms with Crippen molar-refractivity contribution >= 4 is 15.9 Å². The molecule has 0 aliphatic heterocycles. The van der Waals surface area contributed by atoms with Crippen molar-refractivity contribution < 1.29 is 13.2 Å². The van der Waals surface area contributed by atoms with Gasteiger partial charge in [0.25, 0.3) is 0 Å². The second kappa shape index (κ2) is 8.52. The van der Waals surface area contributed by atoms with Gasteiger partial charge in [-0.2, -0.15) is 9.78 Å². The van der Waals surface area contributed by atoms with Crippen LogP contribution in [0.5, 0.6) is 0 Å². The fourth-order valence-electron chi connectivity index (χ4n) is 3.13. The zero-order chi connectivity index (χ0) is 20.2. The van der Waals surface area contributed by atoms with Crippen LogP contribution in [0.25, 0.3) is 0 Å². The molecule has 0 fully saturated rings. The molecule has 0 bridgehead atoms. The van der Waals surface area contributed by atoms with Gasteiger partial charge in [-0.15, -0.1) is 6.58 Å². The predicted octanol–water partition coefficient (Wildman–Crippen LogP) is 3.63. The summed E-state index contributed by atoms with van der Waals surface area (Å²) in [6.45, 7) is 12.2. The second-order valence-electron chi connectivity index (χ2n) is 6.27. The number of carbonyl (C=O) groups excluding carboxylic acids is 1. The summed E-state index contributed by atoms with van der Waals surface area (Å²) in [5.74, 6) is 0. The summed E-state index contributed by atoms with van der Waals surface area (Å²) in [5, 5.41) is 4.12. The topological polar surface area (TPSA) is 72.3 Å². The minimum atomic E-state index is -3.87. The lowest BCUT2D eigenvalue weighted by Crippen LogP contribution is -2.34. The van der Waals surface area contributed by atoms with Crippen LogP contribution >= 0.6 is 0 Å². The van der Waals surface area contributed by atoms with E-state index in [-0.39, 0.29) is 16.0 Å². The van der Waals surface area contributed by atoms with Crippen molar-refractivity contribution in [2.24, 2.45) is 0 Å². The van der Waals surface area contributed by atoms with Crippen LogP contribution in [-0.2, 0) is 22.7 Å². The van der Waals surface area contributed by atoms with Gasteiger partial charge in [0, 0.05) is 24.8 Å². The maximum atomic E-state index is 13.4. The van der Waals surface area contributed by atoms with Crippen LogP contribution in [0.4, 0.5) is 4.79 Å². The Morgan fingerprint density at radius 1 is 1.22 bits per heavy atom. The Hall–Kier alpha value is -2.41. The largest absolute Gasteiger partial charge is 0.344 e. The Morgan fingerprint density at radius 3 is 2.44 bits per heavy atom. The van der Waals surface area contributed by atoms with Crippen molar-refractivity contribution in [1.82, 2.24) is 14.7 Å². The number of hydrogen-bond acceptors (Lipinski definition) is 4. The average Bonchev–Trinajstić information content (AvgIpc) is 3.07. The zero-order valence-corrected chi connectivity index (χ0v) is 17.2. The standard InChI is InChI=1S/C20H27N3O3S/c1-6-11-17-14-23(20(24)22(8-3)9-4)21-19(17)27(25,26)18-15(5)12-10-13-16(18)7-2/h6,10,12-14H,1,7-9,11H2,2-5H3. The maximum Gasteiger partial charge on any atom is 0.344 e. The fourth-order valence-corrected chi connectivity index (χ4v) is 5.04. The quantitative estimate of drug-likeness (QED) is 0.678. The van der Waals surface area contributed by atoms with Crippen LogP contribution < -0.4 is 0 Å². The zero-order valence-electron chi connectivity index (χ0n) is 16.4. The molecule has 7 heteroatoms. The van der Waals surface area contributed by atoms with E-state index in [9.17, 15) is 13.2 Å². The van der Waals surface area contributed by atoms with Crippen molar-refractivity contribution in [1.29, 1.82) is 0 Å². The van der Waals surface area contributed by atoms with Crippen molar-refractivity contribution in [3.05, 3.63) is 53.7 Å². The van der Waals surface area contributed by atoms with Gasteiger partial charge >= 0.3 is 6.03 Å². The van der Waals surface area contributed by atoms with E-state index in [1.54, 1.807) is 24.0 Å². The average molecular weight is 390 g/mol. The molecule has 2 aromatic rings. The van der Waals surface area contributed by atoms with Crippen LogP contribution in [0.15, 0.2) is 47.0 Å². The van der Waals surface area contributed by atoms with Gasteiger partial charge in [0.15, 0.2) is 5.03 Å². The maximum absolute atomic E-state index is 13.4. The van der Waals surface area contributed by atoms with Crippen LogP contribution in [0.1, 0.15) is 37.5 Å². The molecule has 0 N–H and O–H groups in total. The molecule has 0 atom stereocenters. The molecule has 27 heavy (non-hydrogen) atoms. The van der Waals surface area contributed by atoms with Crippen molar-refractivity contribution in [3.8, 4) is 0 Å². The number of rotatable bonds is 7. The number of carbonyl (C=O) groups is 1. The monoisotopic (exact) mass is 389 g/mol. The summed E-state index contributed by atoms with van der Waals surface area (Å²) in [6, 6.07) is 5.09. The Labute approximate surface area is 161 Å². The van der Waals surface area contributed by atoms with Gasteiger partial charge in [0.05, 0.1) is 4.90 Å². The summed E-state index contributed by atoms with van der Waals surface area (Å²) in [6.07, 6.45) is 4.01. The molecule has 6 nitrogen and oxygen atoms in total. The first kappa shape index (κ1) is 20.9. The first-order valence-corrected chi connectivity index (χ1v) is 10.6. The van der Waals surface area contributed by atoms with Gasteiger partial charge in [0.2, 0.25) is 9.84 Å². The van der Waals surface area contributed by atoms with E-state index in [4.69, 9.17) is 0 Å².